The van der Waals surface area contributed by atoms with Gasteiger partial charge in [-0.1, -0.05) is 0 Å². The second-order valence-corrected chi connectivity index (χ2v) is 5.18. The van der Waals surface area contributed by atoms with Gasteiger partial charge in [-0.2, -0.15) is 0 Å². The summed E-state index contributed by atoms with van der Waals surface area (Å²) < 4.78 is 10.4. The highest BCUT2D eigenvalue weighted by molar-refractivity contribution is 6.17. The molecule has 1 unspecified atom stereocenters. The first-order valence-electron chi connectivity index (χ1n) is 6.50. The summed E-state index contributed by atoms with van der Waals surface area (Å²) in [6.07, 6.45) is 0.832. The van der Waals surface area contributed by atoms with Crippen LogP contribution in [0.25, 0.3) is 0 Å². The van der Waals surface area contributed by atoms with Crippen LogP contribution in [0, 0.1) is 0 Å². The first kappa shape index (κ1) is 15.0. The third-order valence-electron chi connectivity index (χ3n) is 3.83. The lowest BCUT2D eigenvalue weighted by atomic mass is 9.61. The van der Waals surface area contributed by atoms with E-state index in [-0.39, 0.29) is 11.9 Å². The number of fused-ring (bicyclic) bond motifs is 1. The molecular formula is C13H19BN2O4. The van der Waals surface area contributed by atoms with Crippen molar-refractivity contribution in [3.05, 3.63) is 22.9 Å². The molecule has 0 radical (unpaired) electrons. The number of aliphatic hydroxyl groups is 1. The Labute approximate surface area is 118 Å². The zero-order valence-corrected chi connectivity index (χ0v) is 12.0. The molecule has 0 aliphatic carbocycles. The van der Waals surface area contributed by atoms with E-state index in [4.69, 9.17) is 9.47 Å². The minimum absolute atomic E-state index is 0.0129. The second-order valence-electron chi connectivity index (χ2n) is 5.18. The molecule has 0 bridgehead atoms. The maximum absolute atomic E-state index is 11.3. The Morgan fingerprint density at radius 2 is 2.30 bits per heavy atom. The number of hydrogen-bond donors (Lipinski definition) is 2. The summed E-state index contributed by atoms with van der Waals surface area (Å²) in [7, 11) is 4.96. The predicted octanol–water partition coefficient (Wildman–Crippen LogP) is -0.178. The summed E-state index contributed by atoms with van der Waals surface area (Å²) in [5.41, 5.74) is 1.71. The van der Waals surface area contributed by atoms with Crippen LogP contribution in [0.15, 0.2) is 6.07 Å². The standard InChI is InChI=1S/C13H19BN2O4/c1-19-12(20-2)10-8(6-17)5-9-11(16-10)15-4-3-13(9,14)7-18/h5-6,12,18H,3-4,7,14H2,1-2H3,(H,15,16). The number of aliphatic hydroxyl groups excluding tert-OH is 1. The molecule has 20 heavy (non-hydrogen) atoms. The monoisotopic (exact) mass is 278 g/mol. The quantitative estimate of drug-likeness (QED) is 0.442. The van der Waals surface area contributed by atoms with E-state index in [2.05, 4.69) is 10.3 Å². The van der Waals surface area contributed by atoms with Gasteiger partial charge in [-0.15, -0.1) is 0 Å². The van der Waals surface area contributed by atoms with Gasteiger partial charge in [-0.05, 0) is 23.4 Å². The predicted molar refractivity (Wildman–Crippen MR) is 76.8 cm³/mol. The molecule has 1 aliphatic heterocycles. The maximum atomic E-state index is 11.3. The summed E-state index contributed by atoms with van der Waals surface area (Å²) in [5, 5.41) is 12.4. The molecule has 0 aromatic carbocycles. The van der Waals surface area contributed by atoms with E-state index in [1.54, 1.807) is 6.07 Å². The fourth-order valence-corrected chi connectivity index (χ4v) is 2.50. The van der Waals surface area contributed by atoms with E-state index >= 15 is 0 Å². The van der Waals surface area contributed by atoms with Gasteiger partial charge in [-0.25, -0.2) is 4.98 Å². The van der Waals surface area contributed by atoms with Gasteiger partial charge in [0.1, 0.15) is 19.4 Å². The minimum Gasteiger partial charge on any atom is -0.396 e. The average molecular weight is 278 g/mol. The van der Waals surface area contributed by atoms with Gasteiger partial charge in [0, 0.05) is 32.9 Å². The van der Waals surface area contributed by atoms with Gasteiger partial charge >= 0.3 is 0 Å². The van der Waals surface area contributed by atoms with Crippen molar-refractivity contribution >= 4 is 20.0 Å². The van der Waals surface area contributed by atoms with Crippen molar-refractivity contribution in [2.75, 3.05) is 32.7 Å². The van der Waals surface area contributed by atoms with Crippen molar-refractivity contribution in [2.24, 2.45) is 0 Å². The number of hydrogen-bond acceptors (Lipinski definition) is 6. The molecule has 108 valence electrons. The highest BCUT2D eigenvalue weighted by Crippen LogP contribution is 2.35. The van der Waals surface area contributed by atoms with E-state index in [0.717, 1.165) is 24.8 Å². The molecule has 0 spiro atoms. The molecule has 1 aromatic heterocycles. The topological polar surface area (TPSA) is 80.7 Å². The number of anilines is 1. The number of nitrogens with zero attached hydrogens (tertiary/aromatic N) is 1. The number of aromatic nitrogens is 1. The minimum atomic E-state index is -0.690. The lowest BCUT2D eigenvalue weighted by Gasteiger charge is -2.35. The van der Waals surface area contributed by atoms with Crippen molar-refractivity contribution in [2.45, 2.75) is 18.0 Å². The Hall–Kier alpha value is -1.44. The number of pyridine rings is 1. The molecule has 2 rings (SSSR count). The van der Waals surface area contributed by atoms with Crippen molar-refractivity contribution in [3.8, 4) is 0 Å². The zero-order valence-electron chi connectivity index (χ0n) is 12.0. The Kier molecular flexibility index (Phi) is 4.42. The largest absolute Gasteiger partial charge is 0.396 e. The van der Waals surface area contributed by atoms with Gasteiger partial charge in [0.15, 0.2) is 6.29 Å². The fourth-order valence-electron chi connectivity index (χ4n) is 2.50. The number of aldehydes is 1. The average Bonchev–Trinajstić information content (AvgIpc) is 2.48. The zero-order chi connectivity index (χ0) is 14.8. The smallest absolute Gasteiger partial charge is 0.201 e. The Morgan fingerprint density at radius 3 is 2.85 bits per heavy atom. The third kappa shape index (κ3) is 2.44. The number of rotatable bonds is 5. The molecule has 0 saturated carbocycles. The van der Waals surface area contributed by atoms with Gasteiger partial charge in [0.25, 0.3) is 0 Å². The molecule has 0 fully saturated rings. The van der Waals surface area contributed by atoms with Crippen LogP contribution >= 0.6 is 0 Å². The SMILES string of the molecule is BC1(CO)CCNc2nc(C(OC)OC)c(C=O)cc21. The van der Waals surface area contributed by atoms with Crippen molar-refractivity contribution in [1.82, 2.24) is 4.98 Å². The van der Waals surface area contributed by atoms with E-state index in [0.29, 0.717) is 17.1 Å². The Balaban J connectivity index is 2.57. The number of carbonyl (C=O) groups excluding carboxylic acids is 1. The van der Waals surface area contributed by atoms with E-state index in [1.807, 2.05) is 7.85 Å². The Bertz CT molecular complexity index is 507. The van der Waals surface area contributed by atoms with Crippen molar-refractivity contribution < 1.29 is 19.4 Å². The fraction of sp³-hybridized carbons (Fsp3) is 0.538. The first-order chi connectivity index (χ1) is 9.59. The van der Waals surface area contributed by atoms with Crippen LogP contribution < -0.4 is 5.32 Å². The summed E-state index contributed by atoms with van der Waals surface area (Å²) in [6, 6.07) is 1.76. The highest BCUT2D eigenvalue weighted by Gasteiger charge is 2.34. The van der Waals surface area contributed by atoms with Crippen LogP contribution in [0.2, 0.25) is 0 Å². The number of nitrogens with one attached hydrogen (secondary N) is 1. The molecule has 7 heteroatoms. The highest BCUT2D eigenvalue weighted by atomic mass is 16.7. The van der Waals surface area contributed by atoms with Crippen molar-refractivity contribution in [3.63, 3.8) is 0 Å². The Morgan fingerprint density at radius 1 is 1.60 bits per heavy atom. The molecule has 6 nitrogen and oxygen atoms in total. The molecule has 1 aromatic rings. The van der Waals surface area contributed by atoms with E-state index < -0.39 is 6.29 Å². The molecule has 2 heterocycles. The third-order valence-corrected chi connectivity index (χ3v) is 3.83. The summed E-state index contributed by atoms with van der Waals surface area (Å²) >= 11 is 0. The van der Waals surface area contributed by atoms with Crippen molar-refractivity contribution in [1.29, 1.82) is 0 Å². The summed E-state index contributed by atoms with van der Waals surface area (Å²) in [5.74, 6) is 0.674. The van der Waals surface area contributed by atoms with Crippen LogP contribution in [0.3, 0.4) is 0 Å². The van der Waals surface area contributed by atoms with Crippen LogP contribution in [0.1, 0.15) is 34.3 Å². The van der Waals surface area contributed by atoms with Gasteiger partial charge in [0.05, 0.1) is 0 Å². The maximum Gasteiger partial charge on any atom is 0.201 e. The lowest BCUT2D eigenvalue weighted by molar-refractivity contribution is -0.108. The molecular weight excluding hydrogens is 259 g/mol. The number of carbonyl (C=O) groups is 1. The molecule has 1 atom stereocenters. The molecule has 0 amide bonds. The first-order valence-corrected chi connectivity index (χ1v) is 6.50. The van der Waals surface area contributed by atoms with Crippen LogP contribution in [0.5, 0.6) is 0 Å². The van der Waals surface area contributed by atoms with Gasteiger partial charge in [0.2, 0.25) is 6.29 Å². The number of ether oxygens (including phenoxy) is 2. The van der Waals surface area contributed by atoms with Gasteiger partial charge in [-0.3, -0.25) is 4.79 Å². The molecule has 0 saturated heterocycles. The normalized spacial score (nSPS) is 21.4. The van der Waals surface area contributed by atoms with E-state index in [9.17, 15) is 9.90 Å². The summed E-state index contributed by atoms with van der Waals surface area (Å²) in [6.45, 7) is 0.737. The molecule has 1 aliphatic rings. The second kappa shape index (κ2) is 5.91. The van der Waals surface area contributed by atoms with Crippen LogP contribution in [-0.4, -0.2) is 51.6 Å². The van der Waals surface area contributed by atoms with Crippen LogP contribution in [0.4, 0.5) is 5.82 Å². The number of methoxy groups -OCH3 is 2. The van der Waals surface area contributed by atoms with E-state index in [1.165, 1.54) is 14.2 Å². The lowest BCUT2D eigenvalue weighted by Crippen LogP contribution is -2.38. The van der Waals surface area contributed by atoms with Crippen LogP contribution in [-0.2, 0) is 14.8 Å². The summed E-state index contributed by atoms with van der Waals surface area (Å²) in [4.78, 5) is 15.8. The molecule has 2 N–H and O–H groups in total. The van der Waals surface area contributed by atoms with Gasteiger partial charge < -0.3 is 19.9 Å².